The highest BCUT2D eigenvalue weighted by Gasteiger charge is 2.09. The molecule has 0 aliphatic carbocycles. The minimum Gasteiger partial charge on any atom is -0.392 e. The summed E-state index contributed by atoms with van der Waals surface area (Å²) < 4.78 is 15.3. The van der Waals surface area contributed by atoms with Crippen molar-refractivity contribution in [2.75, 3.05) is 0 Å². The van der Waals surface area contributed by atoms with Gasteiger partial charge in [0.2, 0.25) is 0 Å². The molecule has 1 aromatic heterocycles. The van der Waals surface area contributed by atoms with Gasteiger partial charge >= 0.3 is 0 Å². The molecule has 0 saturated carbocycles. The van der Waals surface area contributed by atoms with E-state index in [4.69, 9.17) is 5.11 Å². The van der Waals surface area contributed by atoms with Gasteiger partial charge < -0.3 is 9.67 Å². The van der Waals surface area contributed by atoms with Crippen molar-refractivity contribution >= 4 is 10.9 Å². The lowest BCUT2D eigenvalue weighted by Crippen LogP contribution is -1.91. The topological polar surface area (TPSA) is 25.2 Å². The molecule has 0 aliphatic rings. The molecule has 3 heteroatoms. The Bertz CT molecular complexity index is 487. The van der Waals surface area contributed by atoms with Crippen LogP contribution in [0.25, 0.3) is 10.9 Å². The van der Waals surface area contributed by atoms with Crippen LogP contribution in [0.4, 0.5) is 4.39 Å². The second-order valence-electron chi connectivity index (χ2n) is 3.55. The Labute approximate surface area is 81.6 Å². The Morgan fingerprint density at radius 3 is 2.79 bits per heavy atom. The summed E-state index contributed by atoms with van der Waals surface area (Å²) in [5, 5.41) is 9.82. The van der Waals surface area contributed by atoms with Crippen LogP contribution in [0, 0.1) is 12.7 Å². The predicted octanol–water partition coefficient (Wildman–Crippen LogP) is 2.12. The third-order valence-electron chi connectivity index (χ3n) is 2.47. The van der Waals surface area contributed by atoms with Crippen LogP contribution >= 0.6 is 0 Å². The minimum atomic E-state index is -0.276. The van der Waals surface area contributed by atoms with Gasteiger partial charge in [0.25, 0.3) is 0 Å². The summed E-state index contributed by atoms with van der Waals surface area (Å²) in [6, 6.07) is 3.20. The number of aryl methyl sites for hydroxylation is 2. The number of halogens is 1. The third-order valence-corrected chi connectivity index (χ3v) is 2.47. The summed E-state index contributed by atoms with van der Waals surface area (Å²) in [6.45, 7) is 1.81. The van der Waals surface area contributed by atoms with E-state index < -0.39 is 0 Å². The lowest BCUT2D eigenvalue weighted by molar-refractivity contribution is 0.281. The Balaban J connectivity index is 2.86. The summed E-state index contributed by atoms with van der Waals surface area (Å²) in [7, 11) is 1.82. The molecule has 74 valence electrons. The molecule has 0 bridgehead atoms. The lowest BCUT2D eigenvalue weighted by Gasteiger charge is -2.01. The van der Waals surface area contributed by atoms with Crippen LogP contribution in [-0.4, -0.2) is 9.67 Å². The molecular weight excluding hydrogens is 181 g/mol. The van der Waals surface area contributed by atoms with Gasteiger partial charge in [-0.2, -0.15) is 0 Å². The van der Waals surface area contributed by atoms with Crippen LogP contribution in [0.15, 0.2) is 18.3 Å². The first-order valence-corrected chi connectivity index (χ1v) is 4.48. The van der Waals surface area contributed by atoms with E-state index in [2.05, 4.69) is 0 Å². The maximum absolute atomic E-state index is 13.6. The van der Waals surface area contributed by atoms with Crippen molar-refractivity contribution in [3.8, 4) is 0 Å². The minimum absolute atomic E-state index is 0.124. The maximum Gasteiger partial charge on any atom is 0.147 e. The number of nitrogens with zero attached hydrogens (tertiary/aromatic N) is 1. The molecule has 1 aromatic carbocycles. The van der Waals surface area contributed by atoms with Crippen LogP contribution in [0.3, 0.4) is 0 Å². The second kappa shape index (κ2) is 3.10. The Morgan fingerprint density at radius 1 is 1.43 bits per heavy atom. The van der Waals surface area contributed by atoms with Crippen molar-refractivity contribution in [1.29, 1.82) is 0 Å². The van der Waals surface area contributed by atoms with E-state index in [0.29, 0.717) is 11.1 Å². The molecule has 0 fully saturated rings. The first-order valence-electron chi connectivity index (χ1n) is 4.48. The number of benzene rings is 1. The lowest BCUT2D eigenvalue weighted by atomic mass is 10.1. The Morgan fingerprint density at radius 2 is 2.14 bits per heavy atom. The van der Waals surface area contributed by atoms with E-state index in [1.807, 2.05) is 26.2 Å². The Kier molecular flexibility index (Phi) is 2.04. The third kappa shape index (κ3) is 1.21. The van der Waals surface area contributed by atoms with E-state index in [9.17, 15) is 4.39 Å². The summed E-state index contributed by atoms with van der Waals surface area (Å²) in [5.74, 6) is -0.276. The van der Waals surface area contributed by atoms with Crippen LogP contribution in [0.1, 0.15) is 11.1 Å². The number of aromatic nitrogens is 1. The highest BCUT2D eigenvalue weighted by Crippen LogP contribution is 2.24. The number of aliphatic hydroxyl groups is 1. The monoisotopic (exact) mass is 193 g/mol. The highest BCUT2D eigenvalue weighted by atomic mass is 19.1. The number of rotatable bonds is 1. The van der Waals surface area contributed by atoms with E-state index in [1.165, 1.54) is 6.07 Å². The molecule has 0 amide bonds. The zero-order valence-corrected chi connectivity index (χ0v) is 8.21. The Hall–Kier alpha value is -1.35. The molecule has 0 unspecified atom stereocenters. The standard InChI is InChI=1S/C11H12FNO/c1-7-5-13(2)11-9(7)3-8(6-14)4-10(11)12/h3-5,14H,6H2,1-2H3. The highest BCUT2D eigenvalue weighted by molar-refractivity contribution is 5.84. The summed E-state index contributed by atoms with van der Waals surface area (Å²) in [6.07, 6.45) is 1.88. The van der Waals surface area contributed by atoms with Crippen LogP contribution in [0.5, 0.6) is 0 Å². The van der Waals surface area contributed by atoms with Crippen molar-refractivity contribution < 1.29 is 9.50 Å². The van der Waals surface area contributed by atoms with E-state index >= 15 is 0 Å². The maximum atomic E-state index is 13.6. The van der Waals surface area contributed by atoms with Gasteiger partial charge in [0.05, 0.1) is 12.1 Å². The smallest absolute Gasteiger partial charge is 0.147 e. The van der Waals surface area contributed by atoms with Gasteiger partial charge in [-0.25, -0.2) is 4.39 Å². The van der Waals surface area contributed by atoms with Gasteiger partial charge in [-0.3, -0.25) is 0 Å². The first-order chi connectivity index (χ1) is 6.63. The zero-order chi connectivity index (χ0) is 10.3. The predicted molar refractivity (Wildman–Crippen MR) is 53.5 cm³/mol. The molecule has 2 rings (SSSR count). The molecule has 0 atom stereocenters. The molecule has 1 N–H and O–H groups in total. The second-order valence-corrected chi connectivity index (χ2v) is 3.55. The van der Waals surface area contributed by atoms with Crippen LogP contribution in [0.2, 0.25) is 0 Å². The van der Waals surface area contributed by atoms with Crippen molar-refractivity contribution in [2.45, 2.75) is 13.5 Å². The van der Waals surface area contributed by atoms with Crippen molar-refractivity contribution in [3.05, 3.63) is 35.3 Å². The fourth-order valence-electron chi connectivity index (χ4n) is 1.83. The van der Waals surface area contributed by atoms with E-state index in [1.54, 1.807) is 4.57 Å². The summed E-state index contributed by atoms with van der Waals surface area (Å²) in [5.41, 5.74) is 2.24. The van der Waals surface area contributed by atoms with Gasteiger partial charge in [-0.05, 0) is 30.2 Å². The molecule has 2 nitrogen and oxygen atoms in total. The molecule has 0 spiro atoms. The van der Waals surface area contributed by atoms with Crippen molar-refractivity contribution in [3.63, 3.8) is 0 Å². The molecular formula is C11H12FNO. The van der Waals surface area contributed by atoms with E-state index in [-0.39, 0.29) is 12.4 Å². The average molecular weight is 193 g/mol. The van der Waals surface area contributed by atoms with Gasteiger partial charge in [-0.15, -0.1) is 0 Å². The number of aliphatic hydroxyl groups excluding tert-OH is 1. The number of hydrogen-bond acceptors (Lipinski definition) is 1. The number of hydrogen-bond donors (Lipinski definition) is 1. The van der Waals surface area contributed by atoms with Crippen molar-refractivity contribution in [1.82, 2.24) is 4.57 Å². The number of fused-ring (bicyclic) bond motifs is 1. The molecule has 14 heavy (non-hydrogen) atoms. The SMILES string of the molecule is Cc1cn(C)c2c(F)cc(CO)cc12. The molecule has 0 saturated heterocycles. The van der Waals surface area contributed by atoms with Crippen molar-refractivity contribution in [2.24, 2.45) is 7.05 Å². The summed E-state index contributed by atoms with van der Waals surface area (Å²) in [4.78, 5) is 0. The van der Waals surface area contributed by atoms with Gasteiger partial charge in [0.1, 0.15) is 5.82 Å². The van der Waals surface area contributed by atoms with Gasteiger partial charge in [-0.1, -0.05) is 0 Å². The van der Waals surface area contributed by atoms with Crippen LogP contribution < -0.4 is 0 Å². The largest absolute Gasteiger partial charge is 0.392 e. The average Bonchev–Trinajstić information content (AvgIpc) is 2.42. The molecule has 0 radical (unpaired) electrons. The van der Waals surface area contributed by atoms with Crippen LogP contribution in [-0.2, 0) is 13.7 Å². The first kappa shape index (κ1) is 9.21. The molecule has 1 heterocycles. The molecule has 2 aromatic rings. The normalized spacial score (nSPS) is 11.1. The summed E-state index contributed by atoms with van der Waals surface area (Å²) >= 11 is 0. The quantitative estimate of drug-likeness (QED) is 0.737. The fraction of sp³-hybridized carbons (Fsp3) is 0.273. The van der Waals surface area contributed by atoms with Gasteiger partial charge in [0, 0.05) is 18.6 Å². The molecule has 0 aliphatic heterocycles. The van der Waals surface area contributed by atoms with E-state index in [0.717, 1.165) is 10.9 Å². The van der Waals surface area contributed by atoms with Gasteiger partial charge in [0.15, 0.2) is 0 Å². The fourth-order valence-corrected chi connectivity index (χ4v) is 1.83. The zero-order valence-electron chi connectivity index (χ0n) is 8.21.